The Balaban J connectivity index is 1.82. The second kappa shape index (κ2) is 5.82. The summed E-state index contributed by atoms with van der Waals surface area (Å²) in [5.41, 5.74) is 7.40. The van der Waals surface area contributed by atoms with Gasteiger partial charge in [0, 0.05) is 31.7 Å². The van der Waals surface area contributed by atoms with Crippen LogP contribution in [0.3, 0.4) is 0 Å². The van der Waals surface area contributed by atoms with Crippen LogP contribution < -0.4 is 5.73 Å². The number of Topliss-reactive ketones (excluding diaryl/α,β-unsaturated/α-hetero) is 1. The molecule has 0 bridgehead atoms. The molecule has 1 aromatic rings. The van der Waals surface area contributed by atoms with Crippen molar-refractivity contribution in [2.24, 2.45) is 5.92 Å². The Bertz CT molecular complexity index is 366. The van der Waals surface area contributed by atoms with Gasteiger partial charge in [-0.15, -0.1) is 0 Å². The highest BCUT2D eigenvalue weighted by Crippen LogP contribution is 2.19. The van der Waals surface area contributed by atoms with Crippen molar-refractivity contribution in [1.29, 1.82) is 0 Å². The Morgan fingerprint density at radius 1 is 1.24 bits per heavy atom. The number of rotatable bonds is 4. The lowest BCUT2D eigenvalue weighted by Gasteiger charge is -2.21. The summed E-state index contributed by atoms with van der Waals surface area (Å²) in [4.78, 5) is 11.9. The van der Waals surface area contributed by atoms with Crippen LogP contribution >= 0.6 is 0 Å². The number of hydrogen-bond acceptors (Lipinski definition) is 3. The van der Waals surface area contributed by atoms with Gasteiger partial charge in [0.2, 0.25) is 0 Å². The Hall–Kier alpha value is -1.35. The summed E-state index contributed by atoms with van der Waals surface area (Å²) in [6.45, 7) is 1.61. The van der Waals surface area contributed by atoms with E-state index in [1.165, 1.54) is 0 Å². The molecule has 3 heteroatoms. The van der Waals surface area contributed by atoms with Crippen molar-refractivity contribution in [2.45, 2.75) is 25.7 Å². The first-order valence-electron chi connectivity index (χ1n) is 6.18. The van der Waals surface area contributed by atoms with Crippen LogP contribution in [0.2, 0.25) is 0 Å². The van der Waals surface area contributed by atoms with Crippen LogP contribution in [0.25, 0.3) is 0 Å². The Kier molecular flexibility index (Phi) is 4.15. The molecular weight excluding hydrogens is 214 g/mol. The number of nitrogens with two attached hydrogens (primary N) is 1. The molecule has 1 aromatic carbocycles. The Morgan fingerprint density at radius 3 is 2.53 bits per heavy atom. The summed E-state index contributed by atoms with van der Waals surface area (Å²) in [6.07, 6.45) is 3.26. The van der Waals surface area contributed by atoms with Crippen LogP contribution in [-0.4, -0.2) is 19.0 Å². The Morgan fingerprint density at radius 2 is 1.88 bits per heavy atom. The molecule has 2 N–H and O–H groups in total. The molecule has 0 aliphatic carbocycles. The average molecular weight is 233 g/mol. The van der Waals surface area contributed by atoms with Gasteiger partial charge in [-0.2, -0.15) is 0 Å². The minimum atomic E-state index is 0.321. The van der Waals surface area contributed by atoms with E-state index in [1.54, 1.807) is 0 Å². The molecule has 1 heterocycles. The van der Waals surface area contributed by atoms with Crippen molar-refractivity contribution >= 4 is 11.5 Å². The molecule has 1 aliphatic rings. The van der Waals surface area contributed by atoms with Gasteiger partial charge in [0.05, 0.1) is 0 Å². The van der Waals surface area contributed by atoms with Crippen LogP contribution in [0.1, 0.15) is 24.8 Å². The highest BCUT2D eigenvalue weighted by atomic mass is 16.5. The molecule has 0 saturated carbocycles. The van der Waals surface area contributed by atoms with Crippen molar-refractivity contribution in [2.75, 3.05) is 18.9 Å². The highest BCUT2D eigenvalue weighted by molar-refractivity contribution is 5.81. The third-order valence-corrected chi connectivity index (χ3v) is 3.24. The van der Waals surface area contributed by atoms with E-state index in [0.717, 1.165) is 37.3 Å². The molecule has 17 heavy (non-hydrogen) atoms. The molecule has 0 aromatic heterocycles. The van der Waals surface area contributed by atoms with E-state index in [9.17, 15) is 4.79 Å². The first-order chi connectivity index (χ1) is 8.24. The van der Waals surface area contributed by atoms with E-state index in [1.807, 2.05) is 24.3 Å². The zero-order valence-electron chi connectivity index (χ0n) is 10.0. The fourth-order valence-corrected chi connectivity index (χ4v) is 2.21. The maximum atomic E-state index is 11.9. The van der Waals surface area contributed by atoms with E-state index >= 15 is 0 Å². The van der Waals surface area contributed by atoms with E-state index in [4.69, 9.17) is 10.5 Å². The fraction of sp³-hybridized carbons (Fsp3) is 0.500. The number of carbonyl (C=O) groups excluding carboxylic acids is 1. The zero-order valence-corrected chi connectivity index (χ0v) is 10.0. The molecule has 0 spiro atoms. The highest BCUT2D eigenvalue weighted by Gasteiger charge is 2.17. The quantitative estimate of drug-likeness (QED) is 0.811. The van der Waals surface area contributed by atoms with Crippen LogP contribution in [0, 0.1) is 5.92 Å². The second-order valence-electron chi connectivity index (χ2n) is 4.72. The van der Waals surface area contributed by atoms with E-state index in [-0.39, 0.29) is 0 Å². The van der Waals surface area contributed by atoms with Crippen molar-refractivity contribution < 1.29 is 9.53 Å². The van der Waals surface area contributed by atoms with Gasteiger partial charge in [-0.25, -0.2) is 0 Å². The van der Waals surface area contributed by atoms with Crippen LogP contribution in [0.4, 0.5) is 5.69 Å². The molecule has 1 saturated heterocycles. The van der Waals surface area contributed by atoms with Gasteiger partial charge in [-0.05, 0) is 36.5 Å². The minimum absolute atomic E-state index is 0.321. The first kappa shape index (κ1) is 12.1. The third kappa shape index (κ3) is 3.86. The molecule has 0 radical (unpaired) electrons. The molecule has 2 rings (SSSR count). The van der Waals surface area contributed by atoms with Gasteiger partial charge < -0.3 is 10.5 Å². The van der Waals surface area contributed by atoms with Gasteiger partial charge in [-0.3, -0.25) is 4.79 Å². The number of hydrogen-bond donors (Lipinski definition) is 1. The molecule has 0 atom stereocenters. The van der Waals surface area contributed by atoms with Crippen molar-refractivity contribution in [3.63, 3.8) is 0 Å². The summed E-state index contributed by atoms with van der Waals surface area (Å²) in [6, 6.07) is 7.54. The molecular formula is C14H19NO2. The van der Waals surface area contributed by atoms with Gasteiger partial charge in [0.1, 0.15) is 5.78 Å². The SMILES string of the molecule is Nc1ccc(CC(=O)CC2CCOCC2)cc1. The maximum absolute atomic E-state index is 11.9. The van der Waals surface area contributed by atoms with Crippen LogP contribution in [0.5, 0.6) is 0 Å². The van der Waals surface area contributed by atoms with Crippen molar-refractivity contribution in [1.82, 2.24) is 0 Å². The number of ketones is 1. The van der Waals surface area contributed by atoms with Gasteiger partial charge >= 0.3 is 0 Å². The predicted octanol–water partition coefficient (Wildman–Crippen LogP) is 2.20. The molecule has 1 fully saturated rings. The second-order valence-corrected chi connectivity index (χ2v) is 4.72. The zero-order chi connectivity index (χ0) is 12.1. The van der Waals surface area contributed by atoms with E-state index in [2.05, 4.69) is 0 Å². The number of benzene rings is 1. The smallest absolute Gasteiger partial charge is 0.137 e. The molecule has 0 amide bonds. The summed E-state index contributed by atoms with van der Waals surface area (Å²) in [7, 11) is 0. The monoisotopic (exact) mass is 233 g/mol. The topological polar surface area (TPSA) is 52.3 Å². The van der Waals surface area contributed by atoms with Crippen molar-refractivity contribution in [3.05, 3.63) is 29.8 Å². The standard InChI is InChI=1S/C14H19NO2/c15-13-3-1-11(2-4-13)9-14(16)10-12-5-7-17-8-6-12/h1-4,12H,5-10,15H2. The molecule has 3 nitrogen and oxygen atoms in total. The number of nitrogen functional groups attached to an aromatic ring is 1. The lowest BCUT2D eigenvalue weighted by Crippen LogP contribution is -2.19. The third-order valence-electron chi connectivity index (χ3n) is 3.24. The Labute approximate surface area is 102 Å². The van der Waals surface area contributed by atoms with Gasteiger partial charge in [0.15, 0.2) is 0 Å². The maximum Gasteiger partial charge on any atom is 0.137 e. The van der Waals surface area contributed by atoms with Crippen LogP contribution in [0.15, 0.2) is 24.3 Å². The lowest BCUT2D eigenvalue weighted by atomic mass is 9.92. The predicted molar refractivity (Wildman–Crippen MR) is 67.7 cm³/mol. The first-order valence-corrected chi connectivity index (χ1v) is 6.18. The minimum Gasteiger partial charge on any atom is -0.399 e. The average Bonchev–Trinajstić information content (AvgIpc) is 2.33. The molecule has 92 valence electrons. The number of anilines is 1. The summed E-state index contributed by atoms with van der Waals surface area (Å²) in [5, 5.41) is 0. The van der Waals surface area contributed by atoms with Crippen molar-refractivity contribution in [3.8, 4) is 0 Å². The number of ether oxygens (including phenoxy) is 1. The van der Waals surface area contributed by atoms with E-state index < -0.39 is 0 Å². The largest absolute Gasteiger partial charge is 0.399 e. The molecule has 0 unspecified atom stereocenters. The van der Waals surface area contributed by atoms with E-state index in [0.29, 0.717) is 24.5 Å². The normalized spacial score (nSPS) is 16.9. The summed E-state index contributed by atoms with van der Waals surface area (Å²) < 4.78 is 5.29. The van der Waals surface area contributed by atoms with Crippen LogP contribution in [-0.2, 0) is 16.0 Å². The lowest BCUT2D eigenvalue weighted by molar-refractivity contribution is -0.120. The molecule has 1 aliphatic heterocycles. The number of carbonyl (C=O) groups is 1. The van der Waals surface area contributed by atoms with Gasteiger partial charge in [-0.1, -0.05) is 12.1 Å². The van der Waals surface area contributed by atoms with Gasteiger partial charge in [0.25, 0.3) is 0 Å². The summed E-state index contributed by atoms with van der Waals surface area (Å²) in [5.74, 6) is 0.840. The fourth-order valence-electron chi connectivity index (χ4n) is 2.21. The summed E-state index contributed by atoms with van der Waals surface area (Å²) >= 11 is 0.